The summed E-state index contributed by atoms with van der Waals surface area (Å²) in [5.74, 6) is -1.84. The topological polar surface area (TPSA) is 134 Å². The number of alkyl halides is 3. The van der Waals surface area contributed by atoms with Gasteiger partial charge in [-0.3, -0.25) is 5.32 Å². The van der Waals surface area contributed by atoms with Crippen molar-refractivity contribution in [2.24, 2.45) is 0 Å². The second-order valence-corrected chi connectivity index (χ2v) is 12.9. The number of nitrogens with one attached hydrogen (secondary N) is 1. The van der Waals surface area contributed by atoms with E-state index in [0.29, 0.717) is 5.56 Å². The summed E-state index contributed by atoms with van der Waals surface area (Å²) < 4.78 is 87.1. The molecule has 3 rings (SSSR count). The van der Waals surface area contributed by atoms with Gasteiger partial charge >= 0.3 is 12.3 Å². The largest absolute Gasteiger partial charge is 0.444 e. The van der Waals surface area contributed by atoms with Crippen molar-refractivity contribution in [3.8, 4) is 11.6 Å². The zero-order valence-electron chi connectivity index (χ0n) is 24.9. The van der Waals surface area contributed by atoms with Gasteiger partial charge < -0.3 is 13.9 Å². The highest BCUT2D eigenvalue weighted by molar-refractivity contribution is 7.91. The van der Waals surface area contributed by atoms with Crippen LogP contribution in [0.25, 0.3) is 11.6 Å². The van der Waals surface area contributed by atoms with Gasteiger partial charge in [-0.15, -0.1) is 23.4 Å². The minimum absolute atomic E-state index is 0.119. The Morgan fingerprint density at radius 2 is 1.73 bits per heavy atom. The van der Waals surface area contributed by atoms with Crippen molar-refractivity contribution >= 4 is 21.6 Å². The molecule has 1 aromatic carbocycles. The van der Waals surface area contributed by atoms with E-state index in [1.165, 1.54) is 25.1 Å². The number of carbonyl (C=O) groups excluding carboxylic acids is 1. The third kappa shape index (κ3) is 8.32. The molecule has 0 saturated carbocycles. The highest BCUT2D eigenvalue weighted by Gasteiger charge is 2.61. The summed E-state index contributed by atoms with van der Waals surface area (Å²) in [7, 11) is -3.99. The first-order valence-electron chi connectivity index (χ1n) is 13.6. The predicted octanol–water partition coefficient (Wildman–Crippen LogP) is 7.08. The molecule has 0 fully saturated rings. The predicted molar refractivity (Wildman–Crippen MR) is 157 cm³/mol. The number of hydrogen-bond donors (Lipinski definition) is 1. The lowest BCUT2D eigenvalue weighted by Gasteiger charge is -2.32. The number of aryl methyl sites for hydroxylation is 1. The van der Waals surface area contributed by atoms with Gasteiger partial charge in [0, 0.05) is 0 Å². The van der Waals surface area contributed by atoms with Crippen molar-refractivity contribution in [1.82, 2.24) is 15.2 Å². The molecular formula is C30H35F3N4O6S. The van der Waals surface area contributed by atoms with Crippen LogP contribution in [-0.4, -0.2) is 47.2 Å². The minimum Gasteiger partial charge on any atom is -0.444 e. The Kier molecular flexibility index (Phi) is 10.7. The van der Waals surface area contributed by atoms with E-state index < -0.39 is 58.1 Å². The van der Waals surface area contributed by atoms with E-state index in [2.05, 4.69) is 33.7 Å². The lowest BCUT2D eigenvalue weighted by atomic mass is 9.96. The van der Waals surface area contributed by atoms with Crippen molar-refractivity contribution in [2.75, 3.05) is 11.1 Å². The van der Waals surface area contributed by atoms with E-state index in [1.807, 2.05) is 0 Å². The van der Waals surface area contributed by atoms with Crippen LogP contribution in [0.4, 0.5) is 23.7 Å². The Balaban J connectivity index is 2.19. The van der Waals surface area contributed by atoms with Crippen LogP contribution in [0.3, 0.4) is 0 Å². The van der Waals surface area contributed by atoms with E-state index in [1.54, 1.807) is 51.1 Å². The maximum Gasteiger partial charge on any atom is 0.426 e. The standard InChI is InChI=1S/C30H35F3N4O6S/c1-7-9-16-29(30(31,32)33,41-19-21-14-12-11-13-15-21)26-37-36-24(42-26)23-22(34-27(38)43-28(4,5)6)18-20(3)25(35-23)44(39,40)17-10-8-2/h7-8,11-15,18H,1-2,9-10,16-17,19H2,3-6H3,(H,34,38). The average Bonchev–Trinajstić information content (AvgIpc) is 3.41. The molecule has 44 heavy (non-hydrogen) atoms. The number of carbonyl (C=O) groups is 1. The van der Waals surface area contributed by atoms with Gasteiger partial charge in [0.2, 0.25) is 5.60 Å². The molecule has 2 aromatic heterocycles. The Hall–Kier alpha value is -4.04. The third-order valence-electron chi connectivity index (χ3n) is 6.15. The number of benzene rings is 1. The summed E-state index contributed by atoms with van der Waals surface area (Å²) in [4.78, 5) is 16.8. The van der Waals surface area contributed by atoms with Crippen LogP contribution in [0.5, 0.6) is 0 Å². The van der Waals surface area contributed by atoms with Crippen LogP contribution < -0.4 is 5.32 Å². The molecular weight excluding hydrogens is 601 g/mol. The summed E-state index contributed by atoms with van der Waals surface area (Å²) in [6, 6.07) is 9.53. The number of ether oxygens (including phenoxy) is 2. The number of sulfone groups is 1. The van der Waals surface area contributed by atoms with Gasteiger partial charge in [-0.25, -0.2) is 18.2 Å². The highest BCUT2D eigenvalue weighted by Crippen LogP contribution is 2.46. The second kappa shape index (κ2) is 13.7. The molecule has 238 valence electrons. The average molecular weight is 637 g/mol. The van der Waals surface area contributed by atoms with Gasteiger partial charge in [-0.05, 0) is 64.2 Å². The third-order valence-corrected chi connectivity index (χ3v) is 7.92. The number of hydrogen-bond acceptors (Lipinski definition) is 9. The smallest absolute Gasteiger partial charge is 0.426 e. The van der Waals surface area contributed by atoms with Gasteiger partial charge in [-0.1, -0.05) is 42.5 Å². The SMILES string of the molecule is C=CCCC(OCc1ccccc1)(c1nnc(-c2nc(S(=O)(=O)CCC=C)c(C)cc2NC(=O)OC(C)(C)C)o1)C(F)(F)F. The summed E-state index contributed by atoms with van der Waals surface area (Å²) >= 11 is 0. The van der Waals surface area contributed by atoms with E-state index in [0.717, 1.165) is 0 Å². The van der Waals surface area contributed by atoms with Crippen LogP contribution in [0.2, 0.25) is 0 Å². The first kappa shape index (κ1) is 34.5. The monoisotopic (exact) mass is 636 g/mol. The number of amides is 1. The Morgan fingerprint density at radius 3 is 2.32 bits per heavy atom. The van der Waals surface area contributed by atoms with Crippen molar-refractivity contribution in [3.63, 3.8) is 0 Å². The molecule has 10 nitrogen and oxygen atoms in total. The molecule has 0 aliphatic heterocycles. The van der Waals surface area contributed by atoms with Crippen LogP contribution in [0.1, 0.15) is 57.1 Å². The van der Waals surface area contributed by atoms with Crippen LogP contribution in [0, 0.1) is 6.92 Å². The fourth-order valence-electron chi connectivity index (χ4n) is 4.07. The molecule has 1 amide bonds. The fourth-order valence-corrected chi connectivity index (χ4v) is 5.52. The number of aromatic nitrogens is 3. The Bertz CT molecular complexity index is 1580. The van der Waals surface area contributed by atoms with Gasteiger partial charge in [0.15, 0.2) is 20.6 Å². The molecule has 0 aliphatic rings. The van der Waals surface area contributed by atoms with Crippen molar-refractivity contribution in [2.45, 2.75) is 76.0 Å². The van der Waals surface area contributed by atoms with Gasteiger partial charge in [0.05, 0.1) is 18.0 Å². The molecule has 14 heteroatoms. The molecule has 0 spiro atoms. The molecule has 2 heterocycles. The number of pyridine rings is 1. The maximum absolute atomic E-state index is 14.8. The normalized spacial score (nSPS) is 13.6. The van der Waals surface area contributed by atoms with Gasteiger partial charge in [0.1, 0.15) is 5.60 Å². The number of nitrogens with zero attached hydrogens (tertiary/aromatic N) is 3. The van der Waals surface area contributed by atoms with Crippen molar-refractivity contribution in [1.29, 1.82) is 0 Å². The lowest BCUT2D eigenvalue weighted by Crippen LogP contribution is -2.45. The lowest BCUT2D eigenvalue weighted by molar-refractivity contribution is -0.299. The number of anilines is 1. The summed E-state index contributed by atoms with van der Waals surface area (Å²) in [6.45, 7) is 13.0. The van der Waals surface area contributed by atoms with Crippen LogP contribution in [0.15, 0.2) is 71.2 Å². The molecule has 3 aromatic rings. The van der Waals surface area contributed by atoms with E-state index in [4.69, 9.17) is 13.9 Å². The second-order valence-electron chi connectivity index (χ2n) is 10.9. The van der Waals surface area contributed by atoms with Crippen LogP contribution >= 0.6 is 0 Å². The zero-order valence-corrected chi connectivity index (χ0v) is 25.7. The van der Waals surface area contributed by atoms with E-state index in [9.17, 15) is 26.4 Å². The van der Waals surface area contributed by atoms with Crippen molar-refractivity contribution < 1.29 is 40.3 Å². The van der Waals surface area contributed by atoms with E-state index >= 15 is 0 Å². The minimum atomic E-state index is -5.02. The maximum atomic E-state index is 14.8. The summed E-state index contributed by atoms with van der Waals surface area (Å²) in [5.41, 5.74) is -3.82. The number of allylic oxidation sites excluding steroid dienone is 2. The Morgan fingerprint density at radius 1 is 1.07 bits per heavy atom. The summed E-state index contributed by atoms with van der Waals surface area (Å²) in [5, 5.41) is 9.58. The quantitative estimate of drug-likeness (QED) is 0.195. The molecule has 0 radical (unpaired) electrons. The van der Waals surface area contributed by atoms with Gasteiger partial charge in [0.25, 0.3) is 11.8 Å². The Labute approximate surface area is 254 Å². The molecule has 0 bridgehead atoms. The fraction of sp³-hybridized carbons (Fsp3) is 0.400. The van der Waals surface area contributed by atoms with Crippen LogP contribution in [-0.2, 0) is 31.5 Å². The molecule has 0 aliphatic carbocycles. The number of rotatable bonds is 13. The van der Waals surface area contributed by atoms with Gasteiger partial charge in [-0.2, -0.15) is 13.2 Å². The number of halogens is 3. The summed E-state index contributed by atoms with van der Waals surface area (Å²) in [6.07, 6.45) is -3.86. The zero-order chi connectivity index (χ0) is 32.8. The van der Waals surface area contributed by atoms with E-state index in [-0.39, 0.29) is 40.6 Å². The van der Waals surface area contributed by atoms with Crippen molar-refractivity contribution in [3.05, 3.63) is 78.7 Å². The molecule has 1 unspecified atom stereocenters. The molecule has 0 saturated heterocycles. The molecule has 1 atom stereocenters. The first-order valence-corrected chi connectivity index (χ1v) is 15.2. The highest BCUT2D eigenvalue weighted by atomic mass is 32.2. The molecule has 1 N–H and O–H groups in total. The first-order chi connectivity index (χ1) is 20.5.